The van der Waals surface area contributed by atoms with Gasteiger partial charge >= 0.3 is 0 Å². The van der Waals surface area contributed by atoms with Gasteiger partial charge in [0.25, 0.3) is 0 Å². The Morgan fingerprint density at radius 2 is 2.07 bits per heavy atom. The number of hydrogen-bond acceptors (Lipinski definition) is 0. The van der Waals surface area contributed by atoms with Crippen LogP contribution in [0.4, 0.5) is 0 Å². The third kappa shape index (κ3) is 1.52. The summed E-state index contributed by atoms with van der Waals surface area (Å²) in [5.74, 6) is 0. The Kier molecular flexibility index (Phi) is 2.53. The summed E-state index contributed by atoms with van der Waals surface area (Å²) in [4.78, 5) is 0. The maximum absolute atomic E-state index is 2.33. The number of aryl methyl sites for hydroxylation is 2. The van der Waals surface area contributed by atoms with Crippen LogP contribution in [-0.2, 0) is 13.6 Å². The number of unbranched alkanes of at least 4 members (excludes halogenated alkanes) is 1. The molecule has 14 heavy (non-hydrogen) atoms. The van der Waals surface area contributed by atoms with E-state index in [9.17, 15) is 0 Å². The zero-order valence-corrected chi connectivity index (χ0v) is 8.90. The van der Waals surface area contributed by atoms with Crippen molar-refractivity contribution in [2.45, 2.75) is 26.3 Å². The summed E-state index contributed by atoms with van der Waals surface area (Å²) in [5.41, 5.74) is 2.65. The Balaban J connectivity index is 2.44. The standard InChI is InChI=1S/C12H17N2/c1-3-4-9-14-10-13(2)11-7-5-6-8-12(11)14/h5-8,10H,3-4,9H2,1-2H3/q+1. The molecule has 0 aliphatic heterocycles. The highest BCUT2D eigenvalue weighted by Crippen LogP contribution is 2.10. The van der Waals surface area contributed by atoms with Crippen LogP contribution in [0, 0.1) is 0 Å². The van der Waals surface area contributed by atoms with Crippen molar-refractivity contribution in [3.8, 4) is 0 Å². The minimum Gasteiger partial charge on any atom is -0.233 e. The summed E-state index contributed by atoms with van der Waals surface area (Å²) in [6.45, 7) is 3.35. The second-order valence-electron chi connectivity index (χ2n) is 3.76. The number of hydrogen-bond donors (Lipinski definition) is 0. The Bertz CT molecular complexity index is 429. The normalized spacial score (nSPS) is 11.0. The SMILES string of the molecule is CCCCn1c[n+](C)c2ccccc21. The second-order valence-corrected chi connectivity index (χ2v) is 3.76. The number of imidazole rings is 1. The Morgan fingerprint density at radius 3 is 2.86 bits per heavy atom. The van der Waals surface area contributed by atoms with E-state index in [4.69, 9.17) is 0 Å². The molecule has 0 spiro atoms. The summed E-state index contributed by atoms with van der Waals surface area (Å²) in [5, 5.41) is 0. The minimum atomic E-state index is 1.12. The van der Waals surface area contributed by atoms with Gasteiger partial charge in [0.2, 0.25) is 6.33 Å². The fourth-order valence-corrected chi connectivity index (χ4v) is 1.85. The first kappa shape index (κ1) is 9.25. The van der Waals surface area contributed by atoms with Gasteiger partial charge < -0.3 is 0 Å². The Hall–Kier alpha value is -1.31. The van der Waals surface area contributed by atoms with Crippen molar-refractivity contribution >= 4 is 11.0 Å². The highest BCUT2D eigenvalue weighted by molar-refractivity contribution is 5.71. The molecule has 0 amide bonds. The molecule has 0 saturated heterocycles. The van der Waals surface area contributed by atoms with Gasteiger partial charge in [-0.3, -0.25) is 0 Å². The summed E-state index contributed by atoms with van der Waals surface area (Å²) in [7, 11) is 2.10. The molecular formula is C12H17N2+. The number of aromatic nitrogens is 2. The number of nitrogens with zero attached hydrogens (tertiary/aromatic N) is 2. The van der Waals surface area contributed by atoms with Gasteiger partial charge in [0.15, 0.2) is 11.0 Å². The third-order valence-corrected chi connectivity index (χ3v) is 2.64. The first-order valence-corrected chi connectivity index (χ1v) is 5.26. The van der Waals surface area contributed by atoms with Crippen LogP contribution in [0.3, 0.4) is 0 Å². The zero-order chi connectivity index (χ0) is 9.97. The number of para-hydroxylation sites is 2. The van der Waals surface area contributed by atoms with E-state index in [0.717, 1.165) is 6.54 Å². The smallest absolute Gasteiger partial charge is 0.233 e. The molecule has 0 bridgehead atoms. The minimum absolute atomic E-state index is 1.12. The van der Waals surface area contributed by atoms with E-state index in [0.29, 0.717) is 0 Å². The fraction of sp³-hybridized carbons (Fsp3) is 0.417. The molecule has 0 atom stereocenters. The topological polar surface area (TPSA) is 8.81 Å². The molecule has 0 radical (unpaired) electrons. The molecule has 1 aromatic heterocycles. The first-order chi connectivity index (χ1) is 6.83. The molecule has 2 nitrogen and oxygen atoms in total. The van der Waals surface area contributed by atoms with E-state index in [1.54, 1.807) is 0 Å². The maximum atomic E-state index is 2.33. The fourth-order valence-electron chi connectivity index (χ4n) is 1.85. The van der Waals surface area contributed by atoms with Crippen molar-refractivity contribution in [3.05, 3.63) is 30.6 Å². The van der Waals surface area contributed by atoms with Crippen molar-refractivity contribution in [1.82, 2.24) is 4.57 Å². The molecule has 0 aliphatic rings. The number of benzene rings is 1. The summed E-state index contributed by atoms with van der Waals surface area (Å²) < 4.78 is 4.52. The van der Waals surface area contributed by atoms with E-state index >= 15 is 0 Å². The van der Waals surface area contributed by atoms with E-state index in [-0.39, 0.29) is 0 Å². The lowest BCUT2D eigenvalue weighted by Crippen LogP contribution is -2.25. The van der Waals surface area contributed by atoms with Crippen LogP contribution in [0.25, 0.3) is 11.0 Å². The lowest BCUT2D eigenvalue weighted by Gasteiger charge is -1.94. The van der Waals surface area contributed by atoms with Gasteiger partial charge in [0, 0.05) is 0 Å². The summed E-state index contributed by atoms with van der Waals surface area (Å²) >= 11 is 0. The van der Waals surface area contributed by atoms with Crippen molar-refractivity contribution in [3.63, 3.8) is 0 Å². The van der Waals surface area contributed by atoms with Gasteiger partial charge in [-0.05, 0) is 18.6 Å². The lowest BCUT2D eigenvalue weighted by atomic mass is 10.3. The quantitative estimate of drug-likeness (QED) is 0.655. The van der Waals surface area contributed by atoms with Gasteiger partial charge in [-0.15, -0.1) is 0 Å². The molecule has 0 unspecified atom stereocenters. The van der Waals surface area contributed by atoms with Gasteiger partial charge in [-0.1, -0.05) is 25.5 Å². The van der Waals surface area contributed by atoms with Crippen molar-refractivity contribution in [1.29, 1.82) is 0 Å². The van der Waals surface area contributed by atoms with Crippen molar-refractivity contribution in [2.24, 2.45) is 7.05 Å². The second kappa shape index (κ2) is 3.82. The van der Waals surface area contributed by atoms with Crippen LogP contribution >= 0.6 is 0 Å². The monoisotopic (exact) mass is 189 g/mol. The third-order valence-electron chi connectivity index (χ3n) is 2.64. The van der Waals surface area contributed by atoms with Crippen LogP contribution in [0.2, 0.25) is 0 Å². The number of fused-ring (bicyclic) bond motifs is 1. The van der Waals surface area contributed by atoms with Crippen LogP contribution in [0.5, 0.6) is 0 Å². The van der Waals surface area contributed by atoms with Crippen LogP contribution in [0.15, 0.2) is 30.6 Å². The van der Waals surface area contributed by atoms with Crippen molar-refractivity contribution < 1.29 is 4.57 Å². The zero-order valence-electron chi connectivity index (χ0n) is 8.90. The average Bonchev–Trinajstić information content (AvgIpc) is 2.54. The predicted molar refractivity (Wildman–Crippen MR) is 58.0 cm³/mol. The molecular weight excluding hydrogens is 172 g/mol. The highest BCUT2D eigenvalue weighted by Gasteiger charge is 2.10. The number of rotatable bonds is 3. The Morgan fingerprint density at radius 1 is 1.29 bits per heavy atom. The van der Waals surface area contributed by atoms with E-state index in [1.165, 1.54) is 23.9 Å². The molecule has 2 rings (SSSR count). The molecule has 1 heterocycles. The van der Waals surface area contributed by atoms with Crippen molar-refractivity contribution in [2.75, 3.05) is 0 Å². The van der Waals surface area contributed by atoms with E-state index in [1.807, 2.05) is 0 Å². The van der Waals surface area contributed by atoms with E-state index < -0.39 is 0 Å². The molecule has 2 heteroatoms. The average molecular weight is 189 g/mol. The molecule has 2 aromatic rings. The maximum Gasteiger partial charge on any atom is 0.244 e. The van der Waals surface area contributed by atoms with E-state index in [2.05, 4.69) is 53.7 Å². The molecule has 1 aromatic carbocycles. The molecule has 0 aliphatic carbocycles. The summed E-state index contributed by atoms with van der Waals surface area (Å²) in [6.07, 6.45) is 4.68. The van der Waals surface area contributed by atoms with Gasteiger partial charge in [0.05, 0.1) is 13.6 Å². The summed E-state index contributed by atoms with van der Waals surface area (Å²) in [6, 6.07) is 8.54. The molecule has 74 valence electrons. The van der Waals surface area contributed by atoms with Gasteiger partial charge in [0.1, 0.15) is 0 Å². The predicted octanol–water partition coefficient (Wildman–Crippen LogP) is 2.27. The molecule has 0 N–H and O–H groups in total. The molecule has 0 saturated carbocycles. The van der Waals surface area contributed by atoms with Gasteiger partial charge in [-0.25, -0.2) is 9.13 Å². The van der Waals surface area contributed by atoms with Gasteiger partial charge in [-0.2, -0.15) is 0 Å². The lowest BCUT2D eigenvalue weighted by molar-refractivity contribution is -0.645. The first-order valence-electron chi connectivity index (χ1n) is 5.26. The largest absolute Gasteiger partial charge is 0.244 e. The van der Waals surface area contributed by atoms with Crippen LogP contribution in [-0.4, -0.2) is 4.57 Å². The van der Waals surface area contributed by atoms with Crippen LogP contribution in [0.1, 0.15) is 19.8 Å². The molecule has 0 fully saturated rings. The highest BCUT2D eigenvalue weighted by atomic mass is 15.1. The van der Waals surface area contributed by atoms with Crippen LogP contribution < -0.4 is 4.57 Å². The Labute approximate surface area is 84.8 Å².